The van der Waals surface area contributed by atoms with Crippen molar-refractivity contribution in [2.75, 3.05) is 38.6 Å². The van der Waals surface area contributed by atoms with Crippen LogP contribution >= 0.6 is 7.75 Å². The highest BCUT2D eigenvalue weighted by Gasteiger charge is 2.54. The van der Waals surface area contributed by atoms with Crippen LogP contribution in [0.4, 0.5) is 19.0 Å². The lowest BCUT2D eigenvalue weighted by atomic mass is 9.97. The number of nitrogens with two attached hydrogens (primary N) is 1. The number of nitrogens with zero attached hydrogens (tertiary/aromatic N) is 4. The number of esters is 1. The molecule has 4 heterocycles. The minimum atomic E-state index is -4.38. The van der Waals surface area contributed by atoms with Gasteiger partial charge in [-0.05, 0) is 70.0 Å². The summed E-state index contributed by atoms with van der Waals surface area (Å²) in [6, 6.07) is 10.1. The van der Waals surface area contributed by atoms with Crippen molar-refractivity contribution < 1.29 is 51.3 Å². The van der Waals surface area contributed by atoms with Crippen LogP contribution in [0.2, 0.25) is 0 Å². The Labute approximate surface area is 268 Å². The first-order chi connectivity index (χ1) is 22.2. The third-order valence-corrected chi connectivity index (χ3v) is 9.85. The molecule has 2 aliphatic rings. The number of alkyl halides is 3. The number of para-hydroxylation sites is 1. The van der Waals surface area contributed by atoms with Crippen molar-refractivity contribution in [1.82, 2.24) is 24.6 Å². The highest BCUT2D eigenvalue weighted by molar-refractivity contribution is 7.52. The van der Waals surface area contributed by atoms with Gasteiger partial charge in [0.25, 0.3) is 0 Å². The minimum Gasteiger partial charge on any atom is -0.464 e. The van der Waals surface area contributed by atoms with Crippen molar-refractivity contribution in [3.8, 4) is 5.75 Å². The molecule has 14 nitrogen and oxygen atoms in total. The average molecular weight is 687 g/mol. The van der Waals surface area contributed by atoms with Crippen LogP contribution in [0, 0.1) is 5.92 Å². The van der Waals surface area contributed by atoms with Crippen LogP contribution in [0.1, 0.15) is 38.5 Å². The lowest BCUT2D eigenvalue weighted by Gasteiger charge is -2.32. The maximum atomic E-state index is 14.1. The molecule has 1 aromatic carbocycles. The van der Waals surface area contributed by atoms with Gasteiger partial charge in [-0.3, -0.25) is 14.2 Å². The molecule has 0 radical (unpaired) electrons. The van der Waals surface area contributed by atoms with Gasteiger partial charge in [0.1, 0.15) is 47.5 Å². The second kappa shape index (κ2) is 14.0. The molecule has 2 aliphatic heterocycles. The summed E-state index contributed by atoms with van der Waals surface area (Å²) in [4.78, 5) is 18.1. The number of likely N-dealkylation sites (tertiary alicyclic amines) is 1. The summed E-state index contributed by atoms with van der Waals surface area (Å²) in [7, 11) is -4.38. The number of hydrogen-bond donors (Lipinski definition) is 4. The molecule has 5 N–H and O–H groups in total. The quantitative estimate of drug-likeness (QED) is 0.161. The van der Waals surface area contributed by atoms with Crippen molar-refractivity contribution in [3.05, 3.63) is 54.5 Å². The Hall–Kier alpha value is -3.31. The Morgan fingerprint density at radius 1 is 1.21 bits per heavy atom. The molecule has 258 valence electrons. The molecule has 2 aromatic heterocycles. The average Bonchev–Trinajstić information content (AvgIpc) is 3.55. The molecule has 2 saturated heterocycles. The van der Waals surface area contributed by atoms with E-state index >= 15 is 0 Å². The van der Waals surface area contributed by atoms with Crippen molar-refractivity contribution in [3.63, 3.8) is 0 Å². The lowest BCUT2D eigenvalue weighted by Crippen LogP contribution is -2.45. The van der Waals surface area contributed by atoms with Crippen LogP contribution in [0.3, 0.4) is 0 Å². The van der Waals surface area contributed by atoms with E-state index in [-0.39, 0.29) is 37.2 Å². The van der Waals surface area contributed by atoms with Gasteiger partial charge in [0.05, 0.1) is 25.5 Å². The summed E-state index contributed by atoms with van der Waals surface area (Å²) in [6.07, 6.45) is -6.20. The molecule has 0 saturated carbocycles. The molecule has 0 spiro atoms. The molecule has 5 rings (SSSR count). The van der Waals surface area contributed by atoms with E-state index in [1.807, 2.05) is 0 Å². The first-order valence-corrected chi connectivity index (χ1v) is 16.6. The van der Waals surface area contributed by atoms with Crippen LogP contribution in [-0.4, -0.2) is 98.6 Å². The summed E-state index contributed by atoms with van der Waals surface area (Å²) >= 11 is 0. The molecule has 0 amide bonds. The number of aliphatic hydroxyl groups excluding tert-OH is 2. The van der Waals surface area contributed by atoms with E-state index in [2.05, 4.69) is 15.2 Å². The molecule has 2 fully saturated rings. The van der Waals surface area contributed by atoms with Crippen LogP contribution in [0.5, 0.6) is 5.75 Å². The van der Waals surface area contributed by atoms with Gasteiger partial charge in [0.2, 0.25) is 0 Å². The molecule has 0 aliphatic carbocycles. The number of carbonyl (C=O) groups excluding carboxylic acids is 1. The summed E-state index contributed by atoms with van der Waals surface area (Å²) in [5, 5.41) is 28.7. The second-order valence-electron chi connectivity index (χ2n) is 12.0. The normalized spacial score (nSPS) is 26.2. The number of benzene rings is 1. The number of rotatable bonds is 12. The number of carbonyl (C=O) groups is 1. The molecule has 6 atom stereocenters. The smallest absolute Gasteiger partial charge is 0.459 e. The standard InChI is InChI=1S/C29H38F3N6O8P/c1-18(27(41)43-14-19-10-12-37(13-11-19)15-29(30,31)32)36-47(42,46-20-6-4-3-5-7-20)44-16-28(2)25(40)23(39)24(45-28)21-8-9-22-26(33)34-17-35-38(21)22/h3-9,17-19,23-25,39-40H,10-16H2,1-2H3,(H,36,42)(H2,33,34,35)/t18-,23-,24-,25-,28+,47?/m0/s1. The first-order valence-electron chi connectivity index (χ1n) is 15.0. The number of halogens is 3. The van der Waals surface area contributed by atoms with Gasteiger partial charge in [0, 0.05) is 0 Å². The highest BCUT2D eigenvalue weighted by atomic mass is 31.2. The van der Waals surface area contributed by atoms with Crippen LogP contribution < -0.4 is 15.3 Å². The van der Waals surface area contributed by atoms with Crippen molar-refractivity contribution in [2.24, 2.45) is 5.92 Å². The van der Waals surface area contributed by atoms with Gasteiger partial charge < -0.3 is 29.9 Å². The van der Waals surface area contributed by atoms with E-state index < -0.39 is 63.0 Å². The summed E-state index contributed by atoms with van der Waals surface area (Å²) in [5.41, 5.74) is 5.17. The molecular weight excluding hydrogens is 648 g/mol. The maximum absolute atomic E-state index is 14.1. The topological polar surface area (TPSA) is 183 Å². The molecule has 18 heteroatoms. The zero-order valence-corrected chi connectivity index (χ0v) is 26.6. The Kier molecular flexibility index (Phi) is 10.5. The van der Waals surface area contributed by atoms with Gasteiger partial charge >= 0.3 is 19.9 Å². The lowest BCUT2D eigenvalue weighted by molar-refractivity contribution is -0.151. The van der Waals surface area contributed by atoms with Gasteiger partial charge in [-0.15, -0.1) is 0 Å². The number of fused-ring (bicyclic) bond motifs is 1. The molecule has 3 aromatic rings. The summed E-state index contributed by atoms with van der Waals surface area (Å²) in [6.45, 7) is 1.78. The minimum absolute atomic E-state index is 0.0161. The molecular formula is C29H38F3N6O8P. The van der Waals surface area contributed by atoms with E-state index in [1.54, 1.807) is 30.3 Å². The van der Waals surface area contributed by atoms with E-state index in [4.69, 9.17) is 24.3 Å². The number of aliphatic hydroxyl groups is 2. The largest absolute Gasteiger partial charge is 0.464 e. The fraction of sp³-hybridized carbons (Fsp3) is 0.552. The number of aromatic nitrogens is 3. The fourth-order valence-electron chi connectivity index (χ4n) is 5.60. The highest BCUT2D eigenvalue weighted by Crippen LogP contribution is 2.48. The predicted octanol–water partition coefficient (Wildman–Crippen LogP) is 2.86. The Bertz CT molecular complexity index is 1570. The zero-order valence-electron chi connectivity index (χ0n) is 25.7. The zero-order chi connectivity index (χ0) is 34.0. The number of nitrogens with one attached hydrogen (secondary N) is 1. The predicted molar refractivity (Wildman–Crippen MR) is 161 cm³/mol. The number of piperidine rings is 1. The maximum Gasteiger partial charge on any atom is 0.459 e. The van der Waals surface area contributed by atoms with E-state index in [0.717, 1.165) is 0 Å². The SMILES string of the molecule is C[C@H](NP(=O)(OC[C@@]1(C)O[C@@H](c2ccc3c(N)ncnn23)[C@H](O)[C@@H]1O)Oc1ccccc1)C(=O)OCC1CCN(CC(F)(F)F)CC1. The number of ether oxygens (including phenoxy) is 2. The molecule has 1 unspecified atom stereocenters. The third-order valence-electron chi connectivity index (χ3n) is 8.22. The van der Waals surface area contributed by atoms with Gasteiger partial charge in [-0.1, -0.05) is 18.2 Å². The Morgan fingerprint density at radius 2 is 1.91 bits per heavy atom. The summed E-state index contributed by atoms with van der Waals surface area (Å²) < 4.78 is 76.5. The van der Waals surface area contributed by atoms with Crippen molar-refractivity contribution in [2.45, 2.75) is 62.8 Å². The van der Waals surface area contributed by atoms with E-state index in [0.29, 0.717) is 24.1 Å². The van der Waals surface area contributed by atoms with Gasteiger partial charge in [-0.2, -0.15) is 23.4 Å². The van der Waals surface area contributed by atoms with Crippen molar-refractivity contribution >= 4 is 25.1 Å². The molecule has 47 heavy (non-hydrogen) atoms. The summed E-state index contributed by atoms with van der Waals surface area (Å²) in [5.74, 6) is -0.541. The van der Waals surface area contributed by atoms with Gasteiger partial charge in [-0.25, -0.2) is 14.1 Å². The van der Waals surface area contributed by atoms with Crippen LogP contribution in [0.25, 0.3) is 5.52 Å². The number of hydrogen-bond acceptors (Lipinski definition) is 12. The Morgan fingerprint density at radius 3 is 2.60 bits per heavy atom. The van der Waals surface area contributed by atoms with Crippen LogP contribution in [0.15, 0.2) is 48.8 Å². The third kappa shape index (κ3) is 8.41. The first kappa shape index (κ1) is 35.0. The van der Waals surface area contributed by atoms with E-state index in [9.17, 15) is 32.7 Å². The Balaban J connectivity index is 1.23. The van der Waals surface area contributed by atoms with Gasteiger partial charge in [0.15, 0.2) is 5.82 Å². The number of anilines is 1. The number of nitrogen functional groups attached to an aromatic ring is 1. The van der Waals surface area contributed by atoms with Crippen LogP contribution in [-0.2, 0) is 23.4 Å². The second-order valence-corrected chi connectivity index (χ2v) is 13.7. The van der Waals surface area contributed by atoms with E-state index in [1.165, 1.54) is 41.7 Å². The monoisotopic (exact) mass is 686 g/mol. The van der Waals surface area contributed by atoms with Crippen molar-refractivity contribution in [1.29, 1.82) is 0 Å². The molecule has 0 bridgehead atoms. The fourth-order valence-corrected chi connectivity index (χ4v) is 7.19.